The first-order chi connectivity index (χ1) is 9.66. The molecule has 1 fully saturated rings. The Balaban J connectivity index is 1.81. The van der Waals surface area contributed by atoms with Crippen molar-refractivity contribution in [3.05, 3.63) is 18.5 Å². The summed E-state index contributed by atoms with van der Waals surface area (Å²) in [6.45, 7) is 2.12. The smallest absolute Gasteiger partial charge is 0.317 e. The zero-order valence-corrected chi connectivity index (χ0v) is 11.1. The zero-order chi connectivity index (χ0) is 14.4. The van der Waals surface area contributed by atoms with Gasteiger partial charge in [-0.3, -0.25) is 9.48 Å². The van der Waals surface area contributed by atoms with Crippen LogP contribution < -0.4 is 5.32 Å². The van der Waals surface area contributed by atoms with Crippen molar-refractivity contribution in [2.24, 2.45) is 0 Å². The summed E-state index contributed by atoms with van der Waals surface area (Å²) in [7, 11) is 0. The maximum Gasteiger partial charge on any atom is 0.317 e. The van der Waals surface area contributed by atoms with Gasteiger partial charge in [0.05, 0.1) is 32.2 Å². The van der Waals surface area contributed by atoms with E-state index in [1.165, 1.54) is 4.90 Å². The lowest BCUT2D eigenvalue weighted by Gasteiger charge is -2.34. The van der Waals surface area contributed by atoms with Gasteiger partial charge < -0.3 is 20.1 Å². The molecule has 1 saturated heterocycles. The highest BCUT2D eigenvalue weighted by molar-refractivity contribution is 5.76. The van der Waals surface area contributed by atoms with Crippen molar-refractivity contribution in [2.75, 3.05) is 26.3 Å². The van der Waals surface area contributed by atoms with E-state index in [4.69, 9.17) is 9.84 Å². The molecule has 1 aliphatic rings. The molecule has 0 aliphatic carbocycles. The molecule has 0 spiro atoms. The van der Waals surface area contributed by atoms with Crippen LogP contribution in [0.1, 0.15) is 6.42 Å². The van der Waals surface area contributed by atoms with Crippen LogP contribution in [0.4, 0.5) is 4.79 Å². The summed E-state index contributed by atoms with van der Waals surface area (Å²) in [6.07, 6.45) is 3.38. The molecule has 0 aromatic carbocycles. The summed E-state index contributed by atoms with van der Waals surface area (Å²) in [4.78, 5) is 24.4. The SMILES string of the molecule is O=C(O)CC1COCCN1C(=O)NCCn1cccn1. The highest BCUT2D eigenvalue weighted by atomic mass is 16.5. The van der Waals surface area contributed by atoms with Gasteiger partial charge in [-0.05, 0) is 6.07 Å². The second-order valence-electron chi connectivity index (χ2n) is 4.52. The number of ether oxygens (including phenoxy) is 1. The Morgan fingerprint density at radius 2 is 2.35 bits per heavy atom. The molecule has 2 rings (SSSR count). The van der Waals surface area contributed by atoms with E-state index in [1.807, 2.05) is 12.3 Å². The normalized spacial score (nSPS) is 18.8. The fraction of sp³-hybridized carbons (Fsp3) is 0.583. The van der Waals surface area contributed by atoms with Crippen molar-refractivity contribution >= 4 is 12.0 Å². The first-order valence-electron chi connectivity index (χ1n) is 6.48. The van der Waals surface area contributed by atoms with E-state index in [-0.39, 0.29) is 19.1 Å². The third-order valence-electron chi connectivity index (χ3n) is 3.07. The van der Waals surface area contributed by atoms with E-state index in [1.54, 1.807) is 10.9 Å². The van der Waals surface area contributed by atoms with Crippen molar-refractivity contribution in [1.29, 1.82) is 0 Å². The number of carboxylic acids is 1. The minimum absolute atomic E-state index is 0.105. The number of hydrogen-bond acceptors (Lipinski definition) is 4. The molecule has 1 unspecified atom stereocenters. The Morgan fingerprint density at radius 3 is 3.05 bits per heavy atom. The molecule has 20 heavy (non-hydrogen) atoms. The number of morpholine rings is 1. The summed E-state index contributed by atoms with van der Waals surface area (Å²) < 4.78 is 6.94. The molecule has 2 heterocycles. The third kappa shape index (κ3) is 3.95. The summed E-state index contributed by atoms with van der Waals surface area (Å²) in [5, 5.41) is 15.6. The number of carbonyl (C=O) groups is 2. The predicted molar refractivity (Wildman–Crippen MR) is 69.2 cm³/mol. The van der Waals surface area contributed by atoms with E-state index < -0.39 is 12.0 Å². The number of rotatable bonds is 5. The lowest BCUT2D eigenvalue weighted by Crippen LogP contribution is -2.53. The number of urea groups is 1. The maximum atomic E-state index is 12.1. The number of carbonyl (C=O) groups excluding carboxylic acids is 1. The molecule has 110 valence electrons. The molecule has 0 saturated carbocycles. The van der Waals surface area contributed by atoms with E-state index >= 15 is 0 Å². The molecular formula is C12H18N4O4. The van der Waals surface area contributed by atoms with Crippen LogP contribution in [0.2, 0.25) is 0 Å². The van der Waals surface area contributed by atoms with Gasteiger partial charge in [-0.15, -0.1) is 0 Å². The van der Waals surface area contributed by atoms with E-state index in [2.05, 4.69) is 10.4 Å². The van der Waals surface area contributed by atoms with Gasteiger partial charge >= 0.3 is 12.0 Å². The summed E-state index contributed by atoms with van der Waals surface area (Å²) in [6, 6.07) is 1.14. The maximum absolute atomic E-state index is 12.1. The quantitative estimate of drug-likeness (QED) is 0.777. The lowest BCUT2D eigenvalue weighted by atomic mass is 10.1. The topological polar surface area (TPSA) is 96.7 Å². The third-order valence-corrected chi connectivity index (χ3v) is 3.07. The van der Waals surface area contributed by atoms with Gasteiger partial charge in [0.25, 0.3) is 0 Å². The van der Waals surface area contributed by atoms with Gasteiger partial charge in [-0.1, -0.05) is 0 Å². The molecule has 0 radical (unpaired) electrons. The first-order valence-corrected chi connectivity index (χ1v) is 6.48. The van der Waals surface area contributed by atoms with Gasteiger partial charge in [0.2, 0.25) is 0 Å². The van der Waals surface area contributed by atoms with Crippen molar-refractivity contribution in [2.45, 2.75) is 19.0 Å². The molecule has 2 N–H and O–H groups in total. The monoisotopic (exact) mass is 282 g/mol. The largest absolute Gasteiger partial charge is 0.481 e. The van der Waals surface area contributed by atoms with Crippen LogP contribution in [0, 0.1) is 0 Å². The fourth-order valence-corrected chi connectivity index (χ4v) is 2.10. The molecule has 1 aromatic rings. The molecule has 8 nitrogen and oxygen atoms in total. The Labute approximate surface area is 116 Å². The highest BCUT2D eigenvalue weighted by Gasteiger charge is 2.28. The standard InChI is InChI=1S/C12H18N4O4/c17-11(18)8-10-9-20-7-6-16(10)12(19)13-3-5-15-4-1-2-14-15/h1-2,4,10H,3,5-9H2,(H,13,19)(H,17,18). The minimum atomic E-state index is -0.935. The second kappa shape index (κ2) is 6.90. The number of hydrogen-bond donors (Lipinski definition) is 2. The first kappa shape index (κ1) is 14.3. The predicted octanol–water partition coefficient (Wildman–Crippen LogP) is -0.232. The second-order valence-corrected chi connectivity index (χ2v) is 4.52. The van der Waals surface area contributed by atoms with E-state index in [0.29, 0.717) is 26.2 Å². The van der Waals surface area contributed by atoms with Gasteiger partial charge in [-0.2, -0.15) is 5.10 Å². The van der Waals surface area contributed by atoms with Crippen LogP contribution in [-0.4, -0.2) is 64.1 Å². The molecular weight excluding hydrogens is 264 g/mol. The molecule has 1 aromatic heterocycles. The Bertz CT molecular complexity index is 448. The van der Waals surface area contributed by atoms with E-state index in [9.17, 15) is 9.59 Å². The van der Waals surface area contributed by atoms with Crippen LogP contribution in [0.3, 0.4) is 0 Å². The number of nitrogens with zero attached hydrogens (tertiary/aromatic N) is 3. The summed E-state index contributed by atoms with van der Waals surface area (Å²) in [5.41, 5.74) is 0. The van der Waals surface area contributed by atoms with Gasteiger partial charge in [0, 0.05) is 25.5 Å². The number of aromatic nitrogens is 2. The van der Waals surface area contributed by atoms with Gasteiger partial charge in [0.15, 0.2) is 0 Å². The van der Waals surface area contributed by atoms with Crippen molar-refractivity contribution in [1.82, 2.24) is 20.0 Å². The van der Waals surface area contributed by atoms with Gasteiger partial charge in [0.1, 0.15) is 0 Å². The Morgan fingerprint density at radius 1 is 1.50 bits per heavy atom. The summed E-state index contributed by atoms with van der Waals surface area (Å²) >= 11 is 0. The Hall–Kier alpha value is -2.09. The number of nitrogens with one attached hydrogen (secondary N) is 1. The fourth-order valence-electron chi connectivity index (χ4n) is 2.10. The highest BCUT2D eigenvalue weighted by Crippen LogP contribution is 2.10. The molecule has 2 amide bonds. The van der Waals surface area contributed by atoms with Crippen LogP contribution in [0.5, 0.6) is 0 Å². The summed E-state index contributed by atoms with van der Waals surface area (Å²) in [5.74, 6) is -0.935. The van der Waals surface area contributed by atoms with Crippen molar-refractivity contribution in [3.8, 4) is 0 Å². The van der Waals surface area contributed by atoms with Crippen molar-refractivity contribution < 1.29 is 19.4 Å². The molecule has 8 heteroatoms. The number of amides is 2. The minimum Gasteiger partial charge on any atom is -0.481 e. The lowest BCUT2D eigenvalue weighted by molar-refractivity contribution is -0.139. The van der Waals surface area contributed by atoms with Crippen molar-refractivity contribution in [3.63, 3.8) is 0 Å². The molecule has 0 bridgehead atoms. The van der Waals surface area contributed by atoms with Crippen LogP contribution in [0.25, 0.3) is 0 Å². The van der Waals surface area contributed by atoms with Crippen LogP contribution in [0.15, 0.2) is 18.5 Å². The average Bonchev–Trinajstić information content (AvgIpc) is 2.91. The Kier molecular flexibility index (Phi) is 4.94. The zero-order valence-electron chi connectivity index (χ0n) is 11.1. The molecule has 1 aliphatic heterocycles. The number of carboxylic acid groups (broad SMARTS) is 1. The van der Waals surface area contributed by atoms with Crippen LogP contribution in [-0.2, 0) is 16.1 Å². The van der Waals surface area contributed by atoms with Crippen LogP contribution >= 0.6 is 0 Å². The average molecular weight is 282 g/mol. The van der Waals surface area contributed by atoms with Gasteiger partial charge in [-0.25, -0.2) is 4.79 Å². The molecule has 1 atom stereocenters. The van der Waals surface area contributed by atoms with E-state index in [0.717, 1.165) is 0 Å². The number of aliphatic carboxylic acids is 1.